The fourth-order valence-electron chi connectivity index (χ4n) is 2.21. The second kappa shape index (κ2) is 8.41. The summed E-state index contributed by atoms with van der Waals surface area (Å²) in [6.45, 7) is 5.52. The molecule has 1 amide bonds. The number of halogens is 1. The van der Waals surface area contributed by atoms with Gasteiger partial charge in [-0.05, 0) is 50.1 Å². The van der Waals surface area contributed by atoms with E-state index in [-0.39, 0.29) is 12.2 Å². The van der Waals surface area contributed by atoms with Crippen molar-refractivity contribution in [2.75, 3.05) is 11.9 Å². The molecular formula is C19H17FN2O3S. The van der Waals surface area contributed by atoms with Crippen molar-refractivity contribution in [3.63, 3.8) is 0 Å². The Morgan fingerprint density at radius 1 is 1.31 bits per heavy atom. The highest BCUT2D eigenvalue weighted by Gasteiger charge is 2.23. The lowest BCUT2D eigenvalue weighted by Crippen LogP contribution is -2.16. The molecule has 0 radical (unpaired) electrons. The van der Waals surface area contributed by atoms with Crippen LogP contribution in [0.5, 0.6) is 0 Å². The number of hydrogen-bond acceptors (Lipinski definition) is 5. The van der Waals surface area contributed by atoms with Gasteiger partial charge in [-0.1, -0.05) is 12.1 Å². The number of nitrogens with one attached hydrogen (secondary N) is 1. The van der Waals surface area contributed by atoms with Gasteiger partial charge in [-0.15, -0.1) is 11.3 Å². The van der Waals surface area contributed by atoms with Crippen molar-refractivity contribution >= 4 is 34.3 Å². The van der Waals surface area contributed by atoms with Crippen LogP contribution in [0.4, 0.5) is 9.39 Å². The Kier molecular flexibility index (Phi) is 6.26. The number of anilines is 1. The predicted octanol–water partition coefficient (Wildman–Crippen LogP) is 4.23. The average molecular weight is 372 g/mol. The number of nitriles is 1. The van der Waals surface area contributed by atoms with Crippen LogP contribution in [-0.4, -0.2) is 18.5 Å². The normalized spacial score (nSPS) is 11.0. The van der Waals surface area contributed by atoms with E-state index in [0.29, 0.717) is 16.1 Å². The van der Waals surface area contributed by atoms with Gasteiger partial charge in [-0.3, -0.25) is 4.79 Å². The van der Waals surface area contributed by atoms with Gasteiger partial charge in [0.1, 0.15) is 22.5 Å². The van der Waals surface area contributed by atoms with Crippen LogP contribution in [0.3, 0.4) is 0 Å². The largest absolute Gasteiger partial charge is 0.462 e. The van der Waals surface area contributed by atoms with E-state index in [1.54, 1.807) is 13.8 Å². The number of rotatable bonds is 5. The Balaban J connectivity index is 2.31. The summed E-state index contributed by atoms with van der Waals surface area (Å²) in [5.74, 6) is -1.58. The summed E-state index contributed by atoms with van der Waals surface area (Å²) in [5, 5.41) is 12.2. The van der Waals surface area contributed by atoms with Crippen LogP contribution in [0, 0.1) is 31.0 Å². The van der Waals surface area contributed by atoms with Crippen LogP contribution in [0.1, 0.15) is 33.3 Å². The lowest BCUT2D eigenvalue weighted by atomic mass is 10.1. The van der Waals surface area contributed by atoms with Crippen molar-refractivity contribution in [2.24, 2.45) is 0 Å². The molecule has 7 heteroatoms. The first-order valence-electron chi connectivity index (χ1n) is 7.83. The number of amides is 1. The molecule has 0 aliphatic heterocycles. The molecule has 0 saturated heterocycles. The first kappa shape index (κ1) is 19.3. The molecule has 0 spiro atoms. The average Bonchev–Trinajstić information content (AvgIpc) is 2.88. The number of thiophene rings is 1. The van der Waals surface area contributed by atoms with Crippen molar-refractivity contribution in [3.8, 4) is 6.07 Å². The van der Waals surface area contributed by atoms with Crippen molar-refractivity contribution in [1.82, 2.24) is 0 Å². The van der Waals surface area contributed by atoms with Gasteiger partial charge < -0.3 is 10.1 Å². The molecule has 0 bridgehead atoms. The van der Waals surface area contributed by atoms with Crippen LogP contribution < -0.4 is 5.32 Å². The summed E-state index contributed by atoms with van der Waals surface area (Å²) < 4.78 is 18.0. The van der Waals surface area contributed by atoms with Crippen LogP contribution in [0.25, 0.3) is 6.08 Å². The number of hydrogen-bond donors (Lipinski definition) is 1. The van der Waals surface area contributed by atoms with E-state index in [1.165, 1.54) is 41.7 Å². The summed E-state index contributed by atoms with van der Waals surface area (Å²) in [6, 6.07) is 7.23. The van der Waals surface area contributed by atoms with Crippen molar-refractivity contribution in [2.45, 2.75) is 20.8 Å². The molecule has 2 rings (SSSR count). The monoisotopic (exact) mass is 372 g/mol. The molecule has 5 nitrogen and oxygen atoms in total. The standard InChI is InChI=1S/C19H17FN2O3S/c1-4-25-19(24)16-11(2)12(3)26-18(16)22-17(23)14(10-21)9-13-5-7-15(20)8-6-13/h5-9H,4H2,1-3H3,(H,22,23)/b14-9-. The molecule has 0 unspecified atom stereocenters. The maximum absolute atomic E-state index is 13.0. The zero-order valence-corrected chi connectivity index (χ0v) is 15.4. The number of ether oxygens (including phenoxy) is 1. The number of carbonyl (C=O) groups excluding carboxylic acids is 2. The van der Waals surface area contributed by atoms with Crippen LogP contribution in [-0.2, 0) is 9.53 Å². The predicted molar refractivity (Wildman–Crippen MR) is 98.4 cm³/mol. The summed E-state index contributed by atoms with van der Waals surface area (Å²) in [6.07, 6.45) is 1.35. The molecule has 1 aromatic carbocycles. The van der Waals surface area contributed by atoms with E-state index in [0.717, 1.165) is 10.4 Å². The van der Waals surface area contributed by atoms with Crippen LogP contribution in [0.15, 0.2) is 29.8 Å². The molecule has 2 aromatic rings. The van der Waals surface area contributed by atoms with E-state index >= 15 is 0 Å². The lowest BCUT2D eigenvalue weighted by Gasteiger charge is -2.06. The lowest BCUT2D eigenvalue weighted by molar-refractivity contribution is -0.112. The number of nitrogens with zero attached hydrogens (tertiary/aromatic N) is 1. The maximum Gasteiger partial charge on any atom is 0.341 e. The molecule has 1 heterocycles. The fourth-order valence-corrected chi connectivity index (χ4v) is 3.25. The molecule has 134 valence electrons. The first-order chi connectivity index (χ1) is 12.4. The molecule has 0 saturated carbocycles. The van der Waals surface area contributed by atoms with Crippen LogP contribution >= 0.6 is 11.3 Å². The minimum absolute atomic E-state index is 0.157. The van der Waals surface area contributed by atoms with Crippen molar-refractivity contribution in [3.05, 3.63) is 57.2 Å². The molecule has 26 heavy (non-hydrogen) atoms. The minimum Gasteiger partial charge on any atom is -0.462 e. The van der Waals surface area contributed by atoms with Gasteiger partial charge in [0.2, 0.25) is 0 Å². The Labute approximate surface area is 154 Å². The Hall–Kier alpha value is -2.98. The van der Waals surface area contributed by atoms with E-state index in [9.17, 15) is 19.2 Å². The van der Waals surface area contributed by atoms with Crippen LogP contribution in [0.2, 0.25) is 0 Å². The third-order valence-electron chi connectivity index (χ3n) is 3.64. The van der Waals surface area contributed by atoms with E-state index in [2.05, 4.69) is 5.32 Å². The summed E-state index contributed by atoms with van der Waals surface area (Å²) in [5.41, 5.74) is 1.38. The summed E-state index contributed by atoms with van der Waals surface area (Å²) in [7, 11) is 0. The van der Waals surface area contributed by atoms with Gasteiger partial charge in [0.25, 0.3) is 5.91 Å². The molecule has 0 aliphatic carbocycles. The first-order valence-corrected chi connectivity index (χ1v) is 8.64. The van der Waals surface area contributed by atoms with Gasteiger partial charge in [0.15, 0.2) is 0 Å². The molecule has 0 atom stereocenters. The highest BCUT2D eigenvalue weighted by atomic mass is 32.1. The second-order valence-corrected chi connectivity index (χ2v) is 6.61. The Morgan fingerprint density at radius 3 is 2.54 bits per heavy atom. The van der Waals surface area contributed by atoms with Gasteiger partial charge in [-0.2, -0.15) is 5.26 Å². The molecule has 1 aromatic heterocycles. The van der Waals surface area contributed by atoms with Crippen molar-refractivity contribution in [1.29, 1.82) is 5.26 Å². The molecular weight excluding hydrogens is 355 g/mol. The fraction of sp³-hybridized carbons (Fsp3) is 0.211. The van der Waals surface area contributed by atoms with Gasteiger partial charge >= 0.3 is 5.97 Å². The van der Waals surface area contributed by atoms with E-state index < -0.39 is 17.7 Å². The molecule has 1 N–H and O–H groups in total. The summed E-state index contributed by atoms with van der Waals surface area (Å²) >= 11 is 1.24. The van der Waals surface area contributed by atoms with Gasteiger partial charge in [0.05, 0.1) is 12.2 Å². The smallest absolute Gasteiger partial charge is 0.341 e. The van der Waals surface area contributed by atoms with Gasteiger partial charge in [0, 0.05) is 4.88 Å². The molecule has 0 aliphatic rings. The Morgan fingerprint density at radius 2 is 1.96 bits per heavy atom. The number of benzene rings is 1. The zero-order valence-electron chi connectivity index (χ0n) is 14.6. The van der Waals surface area contributed by atoms with Crippen molar-refractivity contribution < 1.29 is 18.7 Å². The number of aryl methyl sites for hydroxylation is 1. The summed E-state index contributed by atoms with van der Waals surface area (Å²) in [4.78, 5) is 25.5. The third kappa shape index (κ3) is 4.35. The SMILES string of the molecule is CCOC(=O)c1c(NC(=O)/C(C#N)=C\c2ccc(F)cc2)sc(C)c1C. The Bertz CT molecular complexity index is 908. The topological polar surface area (TPSA) is 79.2 Å². The third-order valence-corrected chi connectivity index (χ3v) is 4.76. The zero-order chi connectivity index (χ0) is 19.3. The minimum atomic E-state index is -0.649. The molecule has 0 fully saturated rings. The highest BCUT2D eigenvalue weighted by Crippen LogP contribution is 2.33. The maximum atomic E-state index is 13.0. The van der Waals surface area contributed by atoms with Gasteiger partial charge in [-0.25, -0.2) is 9.18 Å². The van der Waals surface area contributed by atoms with E-state index in [1.807, 2.05) is 13.0 Å². The number of esters is 1. The highest BCUT2D eigenvalue weighted by molar-refractivity contribution is 7.16. The number of carbonyl (C=O) groups is 2. The quantitative estimate of drug-likeness (QED) is 0.484. The second-order valence-electron chi connectivity index (χ2n) is 5.38. The van der Waals surface area contributed by atoms with E-state index in [4.69, 9.17) is 4.74 Å².